The summed E-state index contributed by atoms with van der Waals surface area (Å²) >= 11 is 0. The fourth-order valence-electron chi connectivity index (χ4n) is 3.47. The van der Waals surface area contributed by atoms with Crippen molar-refractivity contribution in [3.05, 3.63) is 41.5 Å². The molecular formula is C20H25N5. The van der Waals surface area contributed by atoms with E-state index in [2.05, 4.69) is 48.6 Å². The second kappa shape index (κ2) is 6.38. The summed E-state index contributed by atoms with van der Waals surface area (Å²) in [4.78, 5) is 6.89. The van der Waals surface area contributed by atoms with Crippen LogP contribution in [0.25, 0.3) is 16.7 Å². The number of pyridine rings is 1. The number of nitriles is 1. The molecule has 0 aliphatic rings. The molecule has 3 rings (SSSR count). The highest BCUT2D eigenvalue weighted by Crippen LogP contribution is 2.27. The molecule has 0 aliphatic carbocycles. The Morgan fingerprint density at radius 2 is 2.00 bits per heavy atom. The Kier molecular flexibility index (Phi) is 4.40. The van der Waals surface area contributed by atoms with Crippen LogP contribution in [-0.4, -0.2) is 41.5 Å². The molecule has 0 aliphatic heterocycles. The molecule has 0 saturated heterocycles. The van der Waals surface area contributed by atoms with Gasteiger partial charge in [0, 0.05) is 13.1 Å². The van der Waals surface area contributed by atoms with Gasteiger partial charge < -0.3 is 10.2 Å². The summed E-state index contributed by atoms with van der Waals surface area (Å²) in [5.74, 6) is 0.979. The molecule has 0 fully saturated rings. The number of aromatic nitrogens is 2. The van der Waals surface area contributed by atoms with E-state index in [1.165, 1.54) is 0 Å². The van der Waals surface area contributed by atoms with Crippen LogP contribution >= 0.6 is 0 Å². The molecule has 5 heteroatoms. The molecule has 1 N–H and O–H groups in total. The van der Waals surface area contributed by atoms with E-state index in [0.29, 0.717) is 5.56 Å². The van der Waals surface area contributed by atoms with Crippen LogP contribution in [0.1, 0.15) is 25.0 Å². The molecule has 5 nitrogen and oxygen atoms in total. The molecule has 130 valence electrons. The van der Waals surface area contributed by atoms with Crippen molar-refractivity contribution in [3.8, 4) is 6.07 Å². The highest BCUT2D eigenvalue weighted by molar-refractivity contribution is 5.85. The quantitative estimate of drug-likeness (QED) is 0.773. The van der Waals surface area contributed by atoms with Gasteiger partial charge in [0.2, 0.25) is 0 Å². The Labute approximate surface area is 148 Å². The van der Waals surface area contributed by atoms with E-state index in [0.717, 1.165) is 41.2 Å². The van der Waals surface area contributed by atoms with E-state index in [4.69, 9.17) is 4.98 Å². The number of hydrogen-bond donors (Lipinski definition) is 1. The molecule has 2 aromatic heterocycles. The normalized spacial score (nSPS) is 12.0. The third-order valence-corrected chi connectivity index (χ3v) is 4.38. The van der Waals surface area contributed by atoms with Crippen LogP contribution in [-0.2, 0) is 0 Å². The number of para-hydroxylation sites is 2. The summed E-state index contributed by atoms with van der Waals surface area (Å²) < 4.78 is 2.06. The molecule has 2 heterocycles. The fourth-order valence-corrected chi connectivity index (χ4v) is 3.47. The summed E-state index contributed by atoms with van der Waals surface area (Å²) in [7, 11) is 4.18. The average Bonchev–Trinajstić information content (AvgIpc) is 2.90. The lowest BCUT2D eigenvalue weighted by Crippen LogP contribution is -2.34. The standard InChI is InChI=1S/C20H25N5/c1-14-10-18(22-12-20(2,3)13-24(4)5)25-17-9-7-6-8-16(17)23-19(25)15(14)11-21/h6-10,22H,12-13H2,1-5H3. The largest absolute Gasteiger partial charge is 0.371 e. The number of imidazole rings is 1. The van der Waals surface area contributed by atoms with E-state index in [1.54, 1.807) is 0 Å². The number of hydrogen-bond acceptors (Lipinski definition) is 4. The van der Waals surface area contributed by atoms with Crippen LogP contribution in [0.5, 0.6) is 0 Å². The predicted molar refractivity (Wildman–Crippen MR) is 103 cm³/mol. The van der Waals surface area contributed by atoms with Gasteiger partial charge in [-0.25, -0.2) is 4.98 Å². The van der Waals surface area contributed by atoms with Crippen LogP contribution in [0.4, 0.5) is 5.82 Å². The van der Waals surface area contributed by atoms with Gasteiger partial charge in [-0.05, 0) is 50.2 Å². The topological polar surface area (TPSA) is 56.4 Å². The highest BCUT2D eigenvalue weighted by atomic mass is 15.1. The van der Waals surface area contributed by atoms with Crippen molar-refractivity contribution in [3.63, 3.8) is 0 Å². The van der Waals surface area contributed by atoms with E-state index in [1.807, 2.05) is 37.3 Å². The first-order valence-corrected chi connectivity index (χ1v) is 8.52. The Balaban J connectivity index is 2.11. The van der Waals surface area contributed by atoms with Gasteiger partial charge in [0.05, 0.1) is 16.6 Å². The highest BCUT2D eigenvalue weighted by Gasteiger charge is 2.20. The van der Waals surface area contributed by atoms with Crippen molar-refractivity contribution < 1.29 is 0 Å². The number of aryl methyl sites for hydroxylation is 1. The van der Waals surface area contributed by atoms with Gasteiger partial charge in [-0.1, -0.05) is 26.0 Å². The molecule has 25 heavy (non-hydrogen) atoms. The van der Waals surface area contributed by atoms with Crippen molar-refractivity contribution in [1.29, 1.82) is 5.26 Å². The molecule has 0 bridgehead atoms. The minimum atomic E-state index is 0.119. The summed E-state index contributed by atoms with van der Waals surface area (Å²) in [5.41, 5.74) is 4.33. The summed E-state index contributed by atoms with van der Waals surface area (Å²) in [6.07, 6.45) is 0. The van der Waals surface area contributed by atoms with Crippen LogP contribution < -0.4 is 5.32 Å². The first-order valence-electron chi connectivity index (χ1n) is 8.52. The van der Waals surface area contributed by atoms with Crippen molar-refractivity contribution >= 4 is 22.5 Å². The molecule has 0 atom stereocenters. The summed E-state index contributed by atoms with van der Waals surface area (Å²) in [6.45, 7) is 8.29. The maximum absolute atomic E-state index is 9.56. The number of rotatable bonds is 5. The molecule has 1 aromatic carbocycles. The lowest BCUT2D eigenvalue weighted by atomic mass is 9.93. The van der Waals surface area contributed by atoms with Crippen molar-refractivity contribution in [1.82, 2.24) is 14.3 Å². The van der Waals surface area contributed by atoms with Crippen LogP contribution in [0.15, 0.2) is 30.3 Å². The number of benzene rings is 1. The van der Waals surface area contributed by atoms with E-state index >= 15 is 0 Å². The first kappa shape index (κ1) is 17.2. The Bertz CT molecular complexity index is 960. The van der Waals surface area contributed by atoms with Crippen molar-refractivity contribution in [2.45, 2.75) is 20.8 Å². The molecule has 0 unspecified atom stereocenters. The maximum Gasteiger partial charge on any atom is 0.157 e. The van der Waals surface area contributed by atoms with Crippen LogP contribution in [0.3, 0.4) is 0 Å². The Morgan fingerprint density at radius 1 is 1.28 bits per heavy atom. The third kappa shape index (κ3) is 3.31. The number of nitrogens with one attached hydrogen (secondary N) is 1. The van der Waals surface area contributed by atoms with E-state index in [9.17, 15) is 5.26 Å². The Hall–Kier alpha value is -2.58. The monoisotopic (exact) mass is 335 g/mol. The summed E-state index contributed by atoms with van der Waals surface area (Å²) in [5, 5.41) is 13.2. The molecular weight excluding hydrogens is 310 g/mol. The van der Waals surface area contributed by atoms with E-state index in [-0.39, 0.29) is 5.41 Å². The lowest BCUT2D eigenvalue weighted by molar-refractivity contribution is 0.254. The molecule has 3 aromatic rings. The minimum absolute atomic E-state index is 0.119. The zero-order valence-corrected chi connectivity index (χ0v) is 15.6. The van der Waals surface area contributed by atoms with Gasteiger partial charge in [0.1, 0.15) is 11.9 Å². The van der Waals surface area contributed by atoms with Gasteiger partial charge >= 0.3 is 0 Å². The zero-order valence-electron chi connectivity index (χ0n) is 15.6. The molecule has 0 amide bonds. The van der Waals surface area contributed by atoms with Crippen molar-refractivity contribution in [2.24, 2.45) is 5.41 Å². The van der Waals surface area contributed by atoms with Gasteiger partial charge in [0.25, 0.3) is 0 Å². The van der Waals surface area contributed by atoms with Gasteiger partial charge in [-0.2, -0.15) is 5.26 Å². The van der Waals surface area contributed by atoms with Gasteiger partial charge in [-0.3, -0.25) is 4.40 Å². The van der Waals surface area contributed by atoms with Crippen LogP contribution in [0, 0.1) is 23.7 Å². The second-order valence-electron chi connectivity index (χ2n) is 7.71. The average molecular weight is 335 g/mol. The second-order valence-corrected chi connectivity index (χ2v) is 7.71. The maximum atomic E-state index is 9.56. The molecule has 0 saturated carbocycles. The summed E-state index contributed by atoms with van der Waals surface area (Å²) in [6, 6.07) is 12.4. The first-order chi connectivity index (χ1) is 11.8. The van der Waals surface area contributed by atoms with Gasteiger partial charge in [0.15, 0.2) is 5.65 Å². The minimum Gasteiger partial charge on any atom is -0.371 e. The van der Waals surface area contributed by atoms with E-state index < -0.39 is 0 Å². The van der Waals surface area contributed by atoms with Gasteiger partial charge in [-0.15, -0.1) is 0 Å². The SMILES string of the molecule is Cc1cc(NCC(C)(C)CN(C)C)n2c(nc3ccccc32)c1C#N. The number of anilines is 1. The number of nitrogens with zero attached hydrogens (tertiary/aromatic N) is 4. The fraction of sp³-hybridized carbons (Fsp3) is 0.400. The number of fused-ring (bicyclic) bond motifs is 3. The zero-order chi connectivity index (χ0) is 18.2. The molecule has 0 radical (unpaired) electrons. The molecule has 0 spiro atoms. The van der Waals surface area contributed by atoms with Crippen molar-refractivity contribution in [2.75, 3.05) is 32.5 Å². The third-order valence-electron chi connectivity index (χ3n) is 4.38. The smallest absolute Gasteiger partial charge is 0.157 e. The predicted octanol–water partition coefficient (Wildman–Crippen LogP) is 3.67. The van der Waals surface area contributed by atoms with Crippen LogP contribution in [0.2, 0.25) is 0 Å². The lowest BCUT2D eigenvalue weighted by Gasteiger charge is -2.29. The Morgan fingerprint density at radius 3 is 2.68 bits per heavy atom.